The van der Waals surface area contributed by atoms with Crippen molar-refractivity contribution in [3.8, 4) is 0 Å². The van der Waals surface area contributed by atoms with Crippen LogP contribution in [0.4, 0.5) is 0 Å². The summed E-state index contributed by atoms with van der Waals surface area (Å²) in [6, 6.07) is 7.90. The Morgan fingerprint density at radius 2 is 2.03 bits per heavy atom. The van der Waals surface area contributed by atoms with E-state index in [0.29, 0.717) is 37.4 Å². The standard InChI is InChI=1S/C25H34N4O3/c1-16-8-6-11-19(17(16)2)27-24(31)25(3)15-28-21-12-5-4-10-20(21)26-22(28)23(30)29(25)14-18-9-7-13-32-18/h4-5,10,12,16-19H,6-9,11,13-15H2,1-3H3,(H,27,31)/t16-,17-,18-,19+,25+/m1/s1. The predicted octanol–water partition coefficient (Wildman–Crippen LogP) is 3.37. The van der Waals surface area contributed by atoms with Gasteiger partial charge in [0, 0.05) is 19.2 Å². The van der Waals surface area contributed by atoms with Crippen LogP contribution in [0.1, 0.15) is 63.5 Å². The first-order chi connectivity index (χ1) is 15.4. The molecule has 1 aromatic heterocycles. The van der Waals surface area contributed by atoms with Crippen LogP contribution < -0.4 is 5.32 Å². The zero-order valence-electron chi connectivity index (χ0n) is 19.3. The predicted molar refractivity (Wildman–Crippen MR) is 122 cm³/mol. The molecule has 1 N–H and O–H groups in total. The lowest BCUT2D eigenvalue weighted by molar-refractivity contribution is -0.135. The highest BCUT2D eigenvalue weighted by Crippen LogP contribution is 2.34. The number of imidazole rings is 1. The lowest BCUT2D eigenvalue weighted by Gasteiger charge is -2.45. The van der Waals surface area contributed by atoms with Gasteiger partial charge >= 0.3 is 0 Å². The van der Waals surface area contributed by atoms with E-state index in [-0.39, 0.29) is 24.0 Å². The maximum absolute atomic E-state index is 13.9. The molecule has 7 nitrogen and oxygen atoms in total. The molecule has 1 saturated carbocycles. The molecule has 5 rings (SSSR count). The van der Waals surface area contributed by atoms with Crippen LogP contribution in [-0.4, -0.2) is 57.1 Å². The van der Waals surface area contributed by atoms with Crippen LogP contribution in [0.25, 0.3) is 11.0 Å². The third-order valence-corrected chi connectivity index (χ3v) is 8.08. The topological polar surface area (TPSA) is 76.5 Å². The zero-order valence-corrected chi connectivity index (χ0v) is 19.3. The summed E-state index contributed by atoms with van der Waals surface area (Å²) in [6.45, 7) is 7.93. The fourth-order valence-corrected chi connectivity index (χ4v) is 5.72. The minimum absolute atomic E-state index is 0.0318. The van der Waals surface area contributed by atoms with Crippen molar-refractivity contribution in [1.82, 2.24) is 19.8 Å². The van der Waals surface area contributed by atoms with Crippen molar-refractivity contribution in [3.63, 3.8) is 0 Å². The molecule has 7 heteroatoms. The number of carbonyl (C=O) groups excluding carboxylic acids is 2. The monoisotopic (exact) mass is 438 g/mol. The highest BCUT2D eigenvalue weighted by molar-refractivity contribution is 6.01. The highest BCUT2D eigenvalue weighted by Gasteiger charge is 2.50. The van der Waals surface area contributed by atoms with E-state index < -0.39 is 5.54 Å². The fraction of sp³-hybridized carbons (Fsp3) is 0.640. The number of para-hydroxylation sites is 2. The number of hydrogen-bond donors (Lipinski definition) is 1. The molecular weight excluding hydrogens is 404 g/mol. The molecule has 1 saturated heterocycles. The molecule has 1 aromatic carbocycles. The van der Waals surface area contributed by atoms with Crippen molar-refractivity contribution in [2.45, 2.75) is 77.1 Å². The largest absolute Gasteiger partial charge is 0.376 e. The van der Waals surface area contributed by atoms with E-state index in [1.165, 1.54) is 6.42 Å². The van der Waals surface area contributed by atoms with Gasteiger partial charge in [0.15, 0.2) is 5.82 Å². The Morgan fingerprint density at radius 1 is 1.22 bits per heavy atom. The van der Waals surface area contributed by atoms with Crippen LogP contribution >= 0.6 is 0 Å². The zero-order chi connectivity index (χ0) is 22.5. The third kappa shape index (κ3) is 3.51. The van der Waals surface area contributed by atoms with Gasteiger partial charge in [0.1, 0.15) is 5.54 Å². The van der Waals surface area contributed by atoms with Crippen molar-refractivity contribution in [1.29, 1.82) is 0 Å². The van der Waals surface area contributed by atoms with Gasteiger partial charge in [-0.3, -0.25) is 9.59 Å². The second-order valence-electron chi connectivity index (χ2n) is 10.2. The SMILES string of the molecule is C[C@@H]1[C@H](C)CCC[C@@H]1NC(=O)[C@]1(C)Cn2c(nc3ccccc32)C(=O)N1C[C@H]1CCCO1. The molecule has 1 aliphatic carbocycles. The number of amides is 2. The Labute approximate surface area is 189 Å². The first kappa shape index (κ1) is 21.4. The molecule has 2 amide bonds. The molecule has 0 radical (unpaired) electrons. The molecule has 3 aliphatic rings. The average Bonchev–Trinajstić information content (AvgIpc) is 3.42. The maximum Gasteiger partial charge on any atom is 0.290 e. The quantitative estimate of drug-likeness (QED) is 0.794. The Balaban J connectivity index is 1.50. The summed E-state index contributed by atoms with van der Waals surface area (Å²) in [4.78, 5) is 33.9. The maximum atomic E-state index is 13.9. The molecule has 2 aliphatic heterocycles. The number of fused-ring (bicyclic) bond motifs is 3. The number of nitrogens with one attached hydrogen (secondary N) is 1. The van der Waals surface area contributed by atoms with E-state index in [1.807, 2.05) is 35.8 Å². The van der Waals surface area contributed by atoms with Crippen molar-refractivity contribution in [2.75, 3.05) is 13.2 Å². The summed E-state index contributed by atoms with van der Waals surface area (Å²) in [6.07, 6.45) is 5.20. The van der Waals surface area contributed by atoms with Crippen molar-refractivity contribution < 1.29 is 14.3 Å². The molecular formula is C25H34N4O3. The van der Waals surface area contributed by atoms with E-state index in [9.17, 15) is 9.59 Å². The number of hydrogen-bond acceptors (Lipinski definition) is 4. The van der Waals surface area contributed by atoms with E-state index in [0.717, 1.165) is 36.7 Å². The van der Waals surface area contributed by atoms with Gasteiger partial charge in [-0.05, 0) is 50.2 Å². The van der Waals surface area contributed by atoms with Crippen LogP contribution in [0, 0.1) is 11.8 Å². The Kier molecular flexibility index (Phi) is 5.48. The summed E-state index contributed by atoms with van der Waals surface area (Å²) < 4.78 is 7.78. The number of benzene rings is 1. The highest BCUT2D eigenvalue weighted by atomic mass is 16.5. The second-order valence-corrected chi connectivity index (χ2v) is 10.2. The van der Waals surface area contributed by atoms with E-state index >= 15 is 0 Å². The van der Waals surface area contributed by atoms with Gasteiger partial charge in [0.05, 0.1) is 23.7 Å². The van der Waals surface area contributed by atoms with Gasteiger partial charge in [-0.15, -0.1) is 0 Å². The number of nitrogens with zero attached hydrogens (tertiary/aromatic N) is 3. The smallest absolute Gasteiger partial charge is 0.290 e. The fourth-order valence-electron chi connectivity index (χ4n) is 5.72. The molecule has 172 valence electrons. The van der Waals surface area contributed by atoms with Crippen LogP contribution in [0.5, 0.6) is 0 Å². The first-order valence-electron chi connectivity index (χ1n) is 12.1. The van der Waals surface area contributed by atoms with E-state index in [4.69, 9.17) is 4.74 Å². The minimum atomic E-state index is -1.00. The summed E-state index contributed by atoms with van der Waals surface area (Å²) in [5.74, 6) is 1.16. The first-order valence-corrected chi connectivity index (χ1v) is 12.1. The molecule has 2 fully saturated rings. The van der Waals surface area contributed by atoms with E-state index in [1.54, 1.807) is 4.90 Å². The van der Waals surface area contributed by atoms with Crippen LogP contribution in [0.2, 0.25) is 0 Å². The summed E-state index contributed by atoms with van der Waals surface area (Å²) >= 11 is 0. The van der Waals surface area contributed by atoms with Crippen LogP contribution in [0.15, 0.2) is 24.3 Å². The summed E-state index contributed by atoms with van der Waals surface area (Å²) in [5.41, 5.74) is 0.679. The number of carbonyl (C=O) groups is 2. The Hall–Kier alpha value is -2.41. The molecule has 2 aromatic rings. The minimum Gasteiger partial charge on any atom is -0.376 e. The molecule has 0 unspecified atom stereocenters. The lowest BCUT2D eigenvalue weighted by atomic mass is 9.77. The number of rotatable bonds is 4. The van der Waals surface area contributed by atoms with Gasteiger partial charge in [-0.2, -0.15) is 0 Å². The van der Waals surface area contributed by atoms with Crippen LogP contribution in [-0.2, 0) is 16.1 Å². The Morgan fingerprint density at radius 3 is 2.81 bits per heavy atom. The van der Waals surface area contributed by atoms with Crippen molar-refractivity contribution in [3.05, 3.63) is 30.1 Å². The van der Waals surface area contributed by atoms with E-state index in [2.05, 4.69) is 24.1 Å². The van der Waals surface area contributed by atoms with Gasteiger partial charge < -0.3 is 19.5 Å². The Bertz CT molecular complexity index is 1030. The van der Waals surface area contributed by atoms with Crippen LogP contribution in [0.3, 0.4) is 0 Å². The summed E-state index contributed by atoms with van der Waals surface area (Å²) in [5, 5.41) is 3.35. The summed E-state index contributed by atoms with van der Waals surface area (Å²) in [7, 11) is 0. The molecule has 5 atom stereocenters. The molecule has 0 bridgehead atoms. The second kappa shape index (κ2) is 8.18. The van der Waals surface area contributed by atoms with Crippen molar-refractivity contribution in [2.24, 2.45) is 11.8 Å². The molecule has 32 heavy (non-hydrogen) atoms. The normalized spacial score (nSPS) is 32.8. The van der Waals surface area contributed by atoms with Gasteiger partial charge in [0.25, 0.3) is 5.91 Å². The number of ether oxygens (including phenoxy) is 1. The van der Waals surface area contributed by atoms with Gasteiger partial charge in [-0.1, -0.05) is 38.8 Å². The number of aromatic nitrogens is 2. The average molecular weight is 439 g/mol. The lowest BCUT2D eigenvalue weighted by Crippen LogP contribution is -2.66. The van der Waals surface area contributed by atoms with Crippen molar-refractivity contribution >= 4 is 22.8 Å². The molecule has 0 spiro atoms. The van der Waals surface area contributed by atoms with Gasteiger partial charge in [-0.25, -0.2) is 4.98 Å². The molecule has 3 heterocycles. The van der Waals surface area contributed by atoms with Gasteiger partial charge in [0.2, 0.25) is 5.91 Å². The third-order valence-electron chi connectivity index (χ3n) is 8.08.